The fourth-order valence-corrected chi connectivity index (χ4v) is 5.65. The van der Waals surface area contributed by atoms with Crippen LogP contribution in [0.1, 0.15) is 48.3 Å². The summed E-state index contributed by atoms with van der Waals surface area (Å²) in [6.07, 6.45) is 0.981. The van der Waals surface area contributed by atoms with Crippen LogP contribution in [0.4, 0.5) is 5.69 Å². The Morgan fingerprint density at radius 3 is 2.15 bits per heavy atom. The molecule has 0 unspecified atom stereocenters. The standard InChI is InChI=1S/C33H34N2O5/c1-19-6-8-21(9-7-19)31-30(33(37)35-24-11-13-25(38-3)14-12-24)20(2)34-26-16-23(17-27(36)32(26)31)22-10-15-28(39-4)29(18-22)40-5/h6-15,18,23,31,34H,16-17H2,1-5H3,(H,35,37)/t23-,31-/m0/s1. The number of dihydropyridines is 1. The third kappa shape index (κ3) is 5.19. The van der Waals surface area contributed by atoms with Gasteiger partial charge in [-0.3, -0.25) is 9.59 Å². The van der Waals surface area contributed by atoms with Gasteiger partial charge in [0.15, 0.2) is 17.3 Å². The number of nitrogens with one attached hydrogen (secondary N) is 2. The molecule has 0 saturated heterocycles. The van der Waals surface area contributed by atoms with Crippen molar-refractivity contribution in [3.05, 3.63) is 106 Å². The number of hydrogen-bond donors (Lipinski definition) is 2. The molecule has 2 atom stereocenters. The number of anilines is 1. The number of aryl methyl sites for hydroxylation is 1. The first-order valence-corrected chi connectivity index (χ1v) is 13.3. The molecule has 0 aromatic heterocycles. The quantitative estimate of drug-likeness (QED) is 0.383. The van der Waals surface area contributed by atoms with Gasteiger partial charge < -0.3 is 24.8 Å². The molecule has 0 fully saturated rings. The molecule has 7 nitrogen and oxygen atoms in total. The highest BCUT2D eigenvalue weighted by Gasteiger charge is 2.41. The molecule has 40 heavy (non-hydrogen) atoms. The lowest BCUT2D eigenvalue weighted by Crippen LogP contribution is -2.37. The normalized spacial score (nSPS) is 18.6. The number of methoxy groups -OCH3 is 3. The third-order valence-electron chi connectivity index (χ3n) is 7.71. The van der Waals surface area contributed by atoms with Crippen LogP contribution in [0.3, 0.4) is 0 Å². The van der Waals surface area contributed by atoms with Crippen molar-refractivity contribution in [2.24, 2.45) is 0 Å². The van der Waals surface area contributed by atoms with Crippen LogP contribution in [0, 0.1) is 6.92 Å². The summed E-state index contributed by atoms with van der Waals surface area (Å²) in [7, 11) is 4.81. The second-order valence-electron chi connectivity index (χ2n) is 10.2. The van der Waals surface area contributed by atoms with E-state index in [0.717, 1.165) is 28.1 Å². The van der Waals surface area contributed by atoms with Crippen LogP contribution < -0.4 is 24.8 Å². The molecule has 3 aromatic rings. The summed E-state index contributed by atoms with van der Waals surface area (Å²) < 4.78 is 16.1. The summed E-state index contributed by atoms with van der Waals surface area (Å²) >= 11 is 0. The van der Waals surface area contributed by atoms with Crippen molar-refractivity contribution in [3.63, 3.8) is 0 Å². The number of carbonyl (C=O) groups excluding carboxylic acids is 2. The number of ketones is 1. The average Bonchev–Trinajstić information content (AvgIpc) is 2.96. The van der Waals surface area contributed by atoms with E-state index in [9.17, 15) is 9.59 Å². The summed E-state index contributed by atoms with van der Waals surface area (Å²) in [5, 5.41) is 6.47. The largest absolute Gasteiger partial charge is 0.497 e. The lowest BCUT2D eigenvalue weighted by atomic mass is 9.71. The first kappa shape index (κ1) is 27.1. The van der Waals surface area contributed by atoms with Gasteiger partial charge in [-0.05, 0) is 73.7 Å². The Morgan fingerprint density at radius 2 is 1.50 bits per heavy atom. The highest BCUT2D eigenvalue weighted by atomic mass is 16.5. The number of carbonyl (C=O) groups is 2. The van der Waals surface area contributed by atoms with E-state index in [1.807, 2.05) is 56.3 Å². The van der Waals surface area contributed by atoms with Gasteiger partial charge in [-0.1, -0.05) is 35.9 Å². The molecule has 0 radical (unpaired) electrons. The maximum atomic E-state index is 13.9. The van der Waals surface area contributed by atoms with Crippen molar-refractivity contribution in [1.82, 2.24) is 5.32 Å². The number of ether oxygens (including phenoxy) is 3. The van der Waals surface area contributed by atoms with Gasteiger partial charge in [0.2, 0.25) is 0 Å². The van der Waals surface area contributed by atoms with Crippen LogP contribution >= 0.6 is 0 Å². The van der Waals surface area contributed by atoms with Crippen molar-refractivity contribution in [3.8, 4) is 17.2 Å². The predicted molar refractivity (Wildman–Crippen MR) is 155 cm³/mol. The number of hydrogen-bond acceptors (Lipinski definition) is 6. The van der Waals surface area contributed by atoms with Crippen LogP contribution in [-0.4, -0.2) is 33.0 Å². The fraction of sp³-hybridized carbons (Fsp3) is 0.273. The Balaban J connectivity index is 1.52. The molecule has 0 bridgehead atoms. The Labute approximate surface area is 234 Å². The smallest absolute Gasteiger partial charge is 0.254 e. The van der Waals surface area contributed by atoms with Gasteiger partial charge >= 0.3 is 0 Å². The summed E-state index contributed by atoms with van der Waals surface area (Å²) in [6.45, 7) is 3.92. The van der Waals surface area contributed by atoms with Crippen molar-refractivity contribution in [2.45, 2.75) is 38.5 Å². The molecule has 1 heterocycles. The van der Waals surface area contributed by atoms with Gasteiger partial charge in [0.05, 0.1) is 21.3 Å². The number of amides is 1. The van der Waals surface area contributed by atoms with Crippen LogP contribution in [0.25, 0.3) is 0 Å². The summed E-state index contributed by atoms with van der Waals surface area (Å²) in [5.74, 6) is 1.26. The zero-order valence-electron chi connectivity index (χ0n) is 23.5. The van der Waals surface area contributed by atoms with E-state index in [1.165, 1.54) is 0 Å². The van der Waals surface area contributed by atoms with E-state index in [0.29, 0.717) is 46.9 Å². The van der Waals surface area contributed by atoms with Gasteiger partial charge in [0.25, 0.3) is 5.91 Å². The Hall–Kier alpha value is -4.52. The molecular weight excluding hydrogens is 504 g/mol. The number of Topliss-reactive ketones (excluding diaryl/α,β-unsaturated/α-hetero) is 1. The Bertz CT molecular complexity index is 1500. The highest BCUT2D eigenvalue weighted by molar-refractivity contribution is 6.10. The van der Waals surface area contributed by atoms with E-state index in [2.05, 4.69) is 10.6 Å². The molecular formula is C33H34N2O5. The van der Waals surface area contributed by atoms with Crippen molar-refractivity contribution < 1.29 is 23.8 Å². The van der Waals surface area contributed by atoms with E-state index < -0.39 is 5.92 Å². The SMILES string of the molecule is COc1ccc(NC(=O)C2=C(C)NC3=C(C(=O)C[C@@H](c4ccc(OC)c(OC)c4)C3)[C@H]2c2ccc(C)cc2)cc1. The summed E-state index contributed by atoms with van der Waals surface area (Å²) in [4.78, 5) is 27.7. The van der Waals surface area contributed by atoms with Gasteiger partial charge in [0.1, 0.15) is 5.75 Å². The highest BCUT2D eigenvalue weighted by Crippen LogP contribution is 2.46. The van der Waals surface area contributed by atoms with Gasteiger partial charge in [0, 0.05) is 40.6 Å². The molecule has 3 aromatic carbocycles. The predicted octanol–water partition coefficient (Wildman–Crippen LogP) is 6.02. The molecule has 2 N–H and O–H groups in total. The molecule has 5 rings (SSSR count). The average molecular weight is 539 g/mol. The molecule has 206 valence electrons. The lowest BCUT2D eigenvalue weighted by molar-refractivity contribution is -0.116. The molecule has 0 saturated carbocycles. The van der Waals surface area contributed by atoms with E-state index in [4.69, 9.17) is 14.2 Å². The van der Waals surface area contributed by atoms with Gasteiger partial charge in [-0.25, -0.2) is 0 Å². The minimum atomic E-state index is -0.478. The topological polar surface area (TPSA) is 85.9 Å². The van der Waals surface area contributed by atoms with Crippen molar-refractivity contribution >= 4 is 17.4 Å². The van der Waals surface area contributed by atoms with Crippen molar-refractivity contribution in [1.29, 1.82) is 0 Å². The molecule has 1 aliphatic heterocycles. The summed E-state index contributed by atoms with van der Waals surface area (Å²) in [6, 6.07) is 21.1. The number of allylic oxidation sites excluding steroid dienone is 3. The van der Waals surface area contributed by atoms with Crippen molar-refractivity contribution in [2.75, 3.05) is 26.6 Å². The van der Waals surface area contributed by atoms with Gasteiger partial charge in [-0.15, -0.1) is 0 Å². The molecule has 2 aliphatic rings. The lowest BCUT2D eigenvalue weighted by Gasteiger charge is -2.37. The van der Waals surface area contributed by atoms with E-state index in [-0.39, 0.29) is 17.6 Å². The summed E-state index contributed by atoms with van der Waals surface area (Å²) in [5.41, 5.74) is 6.48. The Morgan fingerprint density at radius 1 is 0.825 bits per heavy atom. The van der Waals surface area contributed by atoms with Crippen LogP contribution in [0.5, 0.6) is 17.2 Å². The first-order valence-electron chi connectivity index (χ1n) is 13.3. The maximum Gasteiger partial charge on any atom is 0.254 e. The zero-order chi connectivity index (χ0) is 28.4. The van der Waals surface area contributed by atoms with Crippen LogP contribution in [-0.2, 0) is 9.59 Å². The second-order valence-corrected chi connectivity index (χ2v) is 10.2. The molecule has 1 amide bonds. The number of rotatable bonds is 7. The maximum absolute atomic E-state index is 13.9. The zero-order valence-corrected chi connectivity index (χ0v) is 23.5. The third-order valence-corrected chi connectivity index (χ3v) is 7.71. The van der Waals surface area contributed by atoms with Crippen LogP contribution in [0.2, 0.25) is 0 Å². The minimum Gasteiger partial charge on any atom is -0.497 e. The second kappa shape index (κ2) is 11.3. The fourth-order valence-electron chi connectivity index (χ4n) is 5.65. The van der Waals surface area contributed by atoms with E-state index >= 15 is 0 Å². The number of benzene rings is 3. The van der Waals surface area contributed by atoms with Crippen LogP contribution in [0.15, 0.2) is 89.3 Å². The molecule has 0 spiro atoms. The minimum absolute atomic E-state index is 0.0281. The van der Waals surface area contributed by atoms with E-state index in [1.54, 1.807) is 45.6 Å². The molecule has 1 aliphatic carbocycles. The monoisotopic (exact) mass is 538 g/mol. The Kier molecular flexibility index (Phi) is 7.65. The van der Waals surface area contributed by atoms with Gasteiger partial charge in [-0.2, -0.15) is 0 Å². The first-order chi connectivity index (χ1) is 19.3. The molecule has 7 heteroatoms.